The predicted molar refractivity (Wildman–Crippen MR) is 117 cm³/mol. The van der Waals surface area contributed by atoms with Crippen LogP contribution >= 0.6 is 12.4 Å². The lowest BCUT2D eigenvalue weighted by Crippen LogP contribution is -2.52. The lowest BCUT2D eigenvalue weighted by molar-refractivity contribution is -0.134. The third kappa shape index (κ3) is 5.04. The Morgan fingerprint density at radius 3 is 2.10 bits per heavy atom. The van der Waals surface area contributed by atoms with Crippen molar-refractivity contribution in [1.82, 2.24) is 9.80 Å². The van der Waals surface area contributed by atoms with Gasteiger partial charge in [0.15, 0.2) is 0 Å². The minimum atomic E-state index is -0.695. The Bertz CT molecular complexity index is 880. The number of benzene rings is 2. The van der Waals surface area contributed by atoms with Crippen molar-refractivity contribution in [2.24, 2.45) is 5.73 Å². The molecule has 2 N–H and O–H groups in total. The molecule has 0 aromatic heterocycles. The molecule has 1 aliphatic heterocycles. The molecule has 8 heteroatoms. The fourth-order valence-electron chi connectivity index (χ4n) is 3.39. The summed E-state index contributed by atoms with van der Waals surface area (Å²) in [5, 5.41) is 0. The molecule has 0 bridgehead atoms. The number of nitrogens with two attached hydrogens (primary N) is 1. The molecule has 1 aliphatic rings. The zero-order valence-corrected chi connectivity index (χ0v) is 18.3. The number of rotatable bonds is 5. The molecule has 1 heterocycles. The van der Waals surface area contributed by atoms with Gasteiger partial charge in [0.25, 0.3) is 5.91 Å². The zero-order valence-electron chi connectivity index (χ0n) is 17.5. The van der Waals surface area contributed by atoms with Crippen LogP contribution in [0.4, 0.5) is 0 Å². The summed E-state index contributed by atoms with van der Waals surface area (Å²) in [6.07, 6.45) is 0. The van der Waals surface area contributed by atoms with Gasteiger partial charge in [-0.15, -0.1) is 12.4 Å². The molecule has 1 atom stereocenters. The molecule has 30 heavy (non-hydrogen) atoms. The van der Waals surface area contributed by atoms with E-state index in [1.54, 1.807) is 35.1 Å². The molecule has 7 nitrogen and oxygen atoms in total. The molecule has 3 rings (SSSR count). The predicted octanol–water partition coefficient (Wildman–Crippen LogP) is 2.42. The van der Waals surface area contributed by atoms with Gasteiger partial charge in [-0.1, -0.05) is 29.8 Å². The summed E-state index contributed by atoms with van der Waals surface area (Å²) in [6, 6.07) is 12.1. The lowest BCUT2D eigenvalue weighted by atomic mass is 10.0. The van der Waals surface area contributed by atoms with Crippen molar-refractivity contribution in [3.05, 3.63) is 59.2 Å². The average molecular weight is 434 g/mol. The second-order valence-electron chi connectivity index (χ2n) is 7.07. The summed E-state index contributed by atoms with van der Waals surface area (Å²) >= 11 is 0. The lowest BCUT2D eigenvalue weighted by Gasteiger charge is -2.36. The Balaban J connectivity index is 0.00000320. The Labute approximate surface area is 183 Å². The quantitative estimate of drug-likeness (QED) is 0.782. The van der Waals surface area contributed by atoms with E-state index in [1.807, 2.05) is 31.2 Å². The van der Waals surface area contributed by atoms with Gasteiger partial charge in [0.05, 0.1) is 19.8 Å². The highest BCUT2D eigenvalue weighted by molar-refractivity contribution is 5.97. The van der Waals surface area contributed by atoms with Crippen LogP contribution in [-0.4, -0.2) is 62.0 Å². The molecule has 1 unspecified atom stereocenters. The van der Waals surface area contributed by atoms with Crippen molar-refractivity contribution in [3.8, 4) is 11.5 Å². The van der Waals surface area contributed by atoms with E-state index in [0.29, 0.717) is 43.2 Å². The van der Waals surface area contributed by atoms with E-state index >= 15 is 0 Å². The minimum absolute atomic E-state index is 0. The number of nitrogens with zero attached hydrogens (tertiary/aromatic N) is 2. The van der Waals surface area contributed by atoms with Crippen LogP contribution < -0.4 is 15.2 Å². The Hall–Kier alpha value is -2.77. The topological polar surface area (TPSA) is 85.1 Å². The first-order valence-corrected chi connectivity index (χ1v) is 9.57. The molecule has 1 fully saturated rings. The molecule has 0 spiro atoms. The summed E-state index contributed by atoms with van der Waals surface area (Å²) in [5.41, 5.74) is 8.56. The van der Waals surface area contributed by atoms with Gasteiger partial charge in [0, 0.05) is 32.2 Å². The highest BCUT2D eigenvalue weighted by Gasteiger charge is 2.29. The number of methoxy groups -OCH3 is 2. The van der Waals surface area contributed by atoms with Crippen molar-refractivity contribution in [1.29, 1.82) is 0 Å². The van der Waals surface area contributed by atoms with Crippen LogP contribution in [0.15, 0.2) is 42.5 Å². The monoisotopic (exact) mass is 433 g/mol. The third-order valence-electron chi connectivity index (χ3n) is 5.22. The van der Waals surface area contributed by atoms with E-state index in [4.69, 9.17) is 15.2 Å². The number of ether oxygens (including phenoxy) is 2. The van der Waals surface area contributed by atoms with Crippen LogP contribution in [0.1, 0.15) is 27.5 Å². The summed E-state index contributed by atoms with van der Waals surface area (Å²) in [7, 11) is 3.09. The van der Waals surface area contributed by atoms with Crippen molar-refractivity contribution in [3.63, 3.8) is 0 Å². The molecule has 2 amide bonds. The van der Waals surface area contributed by atoms with Crippen LogP contribution in [0.3, 0.4) is 0 Å². The number of hydrogen-bond acceptors (Lipinski definition) is 5. The van der Waals surface area contributed by atoms with Gasteiger partial charge in [-0.05, 0) is 24.6 Å². The van der Waals surface area contributed by atoms with Crippen molar-refractivity contribution in [2.45, 2.75) is 13.0 Å². The Morgan fingerprint density at radius 1 is 0.933 bits per heavy atom. The fourth-order valence-corrected chi connectivity index (χ4v) is 3.39. The number of carbonyl (C=O) groups excluding carboxylic acids is 2. The van der Waals surface area contributed by atoms with Crippen molar-refractivity contribution in [2.75, 3.05) is 40.4 Å². The number of aryl methyl sites for hydroxylation is 1. The van der Waals surface area contributed by atoms with Crippen LogP contribution in [-0.2, 0) is 4.79 Å². The molecule has 162 valence electrons. The molecule has 0 aliphatic carbocycles. The first kappa shape index (κ1) is 23.5. The van der Waals surface area contributed by atoms with Crippen LogP contribution in [0.2, 0.25) is 0 Å². The first-order valence-electron chi connectivity index (χ1n) is 9.57. The number of carbonyl (C=O) groups is 2. The van der Waals surface area contributed by atoms with Crippen LogP contribution in [0.25, 0.3) is 0 Å². The van der Waals surface area contributed by atoms with Gasteiger partial charge < -0.3 is 25.0 Å². The maximum atomic E-state index is 12.9. The molecule has 0 saturated carbocycles. The van der Waals surface area contributed by atoms with Crippen LogP contribution in [0.5, 0.6) is 11.5 Å². The maximum absolute atomic E-state index is 12.9. The van der Waals surface area contributed by atoms with Gasteiger partial charge in [-0.25, -0.2) is 0 Å². The molecular formula is C22H28ClN3O4. The third-order valence-corrected chi connectivity index (χ3v) is 5.22. The Morgan fingerprint density at radius 2 is 1.53 bits per heavy atom. The molecular weight excluding hydrogens is 406 g/mol. The number of hydrogen-bond donors (Lipinski definition) is 1. The largest absolute Gasteiger partial charge is 0.497 e. The number of halogens is 1. The van der Waals surface area contributed by atoms with E-state index in [-0.39, 0.29) is 24.2 Å². The van der Waals surface area contributed by atoms with E-state index in [1.165, 1.54) is 7.11 Å². The SMILES string of the molecule is COc1ccc(C(=O)N2CCN(C(=O)C(N)c3ccc(C)cc3)CC2)c(OC)c1.Cl. The van der Waals surface area contributed by atoms with Gasteiger partial charge in [-0.3, -0.25) is 9.59 Å². The van der Waals surface area contributed by atoms with Gasteiger partial charge in [0.2, 0.25) is 5.91 Å². The van der Waals surface area contributed by atoms with E-state index in [2.05, 4.69) is 0 Å². The average Bonchev–Trinajstić information content (AvgIpc) is 2.77. The summed E-state index contributed by atoms with van der Waals surface area (Å²) in [5.74, 6) is 0.843. The first-order chi connectivity index (χ1) is 13.9. The van der Waals surface area contributed by atoms with E-state index in [9.17, 15) is 9.59 Å². The van der Waals surface area contributed by atoms with Crippen molar-refractivity contribution >= 4 is 24.2 Å². The zero-order chi connectivity index (χ0) is 21.0. The van der Waals surface area contributed by atoms with Crippen LogP contribution in [0, 0.1) is 6.92 Å². The minimum Gasteiger partial charge on any atom is -0.497 e. The summed E-state index contributed by atoms with van der Waals surface area (Å²) < 4.78 is 10.5. The molecule has 1 saturated heterocycles. The van der Waals surface area contributed by atoms with Crippen molar-refractivity contribution < 1.29 is 19.1 Å². The highest BCUT2D eigenvalue weighted by Crippen LogP contribution is 2.26. The number of amides is 2. The Kier molecular flexibility index (Phi) is 8.08. The van der Waals surface area contributed by atoms with E-state index in [0.717, 1.165) is 11.1 Å². The van der Waals surface area contributed by atoms with Gasteiger partial charge in [-0.2, -0.15) is 0 Å². The van der Waals surface area contributed by atoms with Gasteiger partial charge >= 0.3 is 0 Å². The summed E-state index contributed by atoms with van der Waals surface area (Å²) in [6.45, 7) is 3.77. The summed E-state index contributed by atoms with van der Waals surface area (Å²) in [4.78, 5) is 29.1. The molecule has 2 aromatic carbocycles. The fraction of sp³-hybridized carbons (Fsp3) is 0.364. The smallest absolute Gasteiger partial charge is 0.257 e. The standard InChI is InChI=1S/C22H27N3O4.ClH/c1-15-4-6-16(7-5-15)20(23)22(27)25-12-10-24(11-13-25)21(26)18-9-8-17(28-2)14-19(18)29-3;/h4-9,14,20H,10-13,23H2,1-3H3;1H. The molecule has 0 radical (unpaired) electrons. The van der Waals surface area contributed by atoms with E-state index < -0.39 is 6.04 Å². The normalized spacial score (nSPS) is 14.5. The second kappa shape index (κ2) is 10.3. The molecule has 2 aromatic rings. The number of piperazine rings is 1. The highest BCUT2D eigenvalue weighted by atomic mass is 35.5. The maximum Gasteiger partial charge on any atom is 0.257 e. The van der Waals surface area contributed by atoms with Gasteiger partial charge in [0.1, 0.15) is 17.5 Å². The second-order valence-corrected chi connectivity index (χ2v) is 7.07.